The number of amides is 2. The number of aryl methyl sites for hydroxylation is 2. The van der Waals surface area contributed by atoms with Crippen LogP contribution in [0.3, 0.4) is 0 Å². The zero-order chi connectivity index (χ0) is 24.1. The highest BCUT2D eigenvalue weighted by molar-refractivity contribution is 7.15. The minimum Gasteiger partial charge on any atom is -0.505 e. The number of rotatable bonds is 5. The number of aromatic nitrogens is 1. The maximum absolute atomic E-state index is 13.7. The quantitative estimate of drug-likeness (QED) is 0.480. The van der Waals surface area contributed by atoms with E-state index in [4.69, 9.17) is 23.2 Å². The van der Waals surface area contributed by atoms with Gasteiger partial charge in [0, 0.05) is 18.7 Å². The smallest absolute Gasteiger partial charge is 0.274 e. The van der Waals surface area contributed by atoms with Gasteiger partial charge in [0.05, 0.1) is 26.0 Å². The fourth-order valence-electron chi connectivity index (χ4n) is 4.75. The number of carbonyl (C=O) groups is 2. The number of nitrogens with one attached hydrogen (secondary N) is 1. The van der Waals surface area contributed by atoms with Crippen molar-refractivity contribution in [3.05, 3.63) is 68.3 Å². The van der Waals surface area contributed by atoms with Gasteiger partial charge in [0.25, 0.3) is 11.8 Å². The Kier molecular flexibility index (Phi) is 6.04. The third kappa shape index (κ3) is 4.28. The van der Waals surface area contributed by atoms with Crippen molar-refractivity contribution in [2.45, 2.75) is 26.3 Å². The zero-order valence-electron chi connectivity index (χ0n) is 18.6. The summed E-state index contributed by atoms with van der Waals surface area (Å²) in [6.45, 7) is 4.93. The van der Waals surface area contributed by atoms with Crippen molar-refractivity contribution in [1.29, 1.82) is 0 Å². The Morgan fingerprint density at radius 2 is 1.94 bits per heavy atom. The summed E-state index contributed by atoms with van der Waals surface area (Å²) in [7, 11) is 0. The Labute approximate surface area is 211 Å². The summed E-state index contributed by atoms with van der Waals surface area (Å²) in [6, 6.07) is 10.7. The first-order valence-corrected chi connectivity index (χ1v) is 12.6. The number of hydrogen-bond acceptors (Lipinski definition) is 5. The van der Waals surface area contributed by atoms with Crippen LogP contribution in [0.4, 0.5) is 0 Å². The average molecular weight is 516 g/mol. The second kappa shape index (κ2) is 8.87. The minimum atomic E-state index is -0.356. The molecule has 1 saturated carbocycles. The van der Waals surface area contributed by atoms with E-state index < -0.39 is 0 Å². The SMILES string of the molecule is Cc1cccc(-c2sc(C)nc2C(=O)N2C[C@H]3CC3[C@H]2CNC(=O)c2cc(Cl)c(O)c(Cl)c2)c1. The van der Waals surface area contributed by atoms with Gasteiger partial charge in [-0.25, -0.2) is 4.98 Å². The van der Waals surface area contributed by atoms with Crippen molar-refractivity contribution in [3.8, 4) is 16.2 Å². The highest BCUT2D eigenvalue weighted by Gasteiger charge is 2.54. The molecule has 2 aromatic carbocycles. The predicted octanol–water partition coefficient (Wildman–Crippen LogP) is 5.33. The van der Waals surface area contributed by atoms with Crippen LogP contribution in [0.25, 0.3) is 10.4 Å². The number of thiazole rings is 1. The van der Waals surface area contributed by atoms with E-state index in [0.717, 1.165) is 27.4 Å². The molecule has 2 N–H and O–H groups in total. The Balaban J connectivity index is 1.35. The number of carbonyl (C=O) groups excluding carboxylic acids is 2. The molecule has 3 aromatic rings. The fourth-order valence-corrected chi connectivity index (χ4v) is 6.15. The van der Waals surface area contributed by atoms with Gasteiger partial charge in [0.2, 0.25) is 0 Å². The molecule has 0 spiro atoms. The number of piperidine rings is 1. The number of aromatic hydroxyl groups is 1. The lowest BCUT2D eigenvalue weighted by Gasteiger charge is -2.27. The van der Waals surface area contributed by atoms with Crippen molar-refractivity contribution in [2.24, 2.45) is 11.8 Å². The summed E-state index contributed by atoms with van der Waals surface area (Å²) in [4.78, 5) is 33.7. The first kappa shape index (κ1) is 23.1. The molecule has 6 nitrogen and oxygen atoms in total. The van der Waals surface area contributed by atoms with E-state index >= 15 is 0 Å². The van der Waals surface area contributed by atoms with Crippen molar-refractivity contribution in [2.75, 3.05) is 13.1 Å². The van der Waals surface area contributed by atoms with E-state index in [2.05, 4.69) is 16.4 Å². The van der Waals surface area contributed by atoms with Crippen molar-refractivity contribution in [3.63, 3.8) is 0 Å². The van der Waals surface area contributed by atoms with Crippen molar-refractivity contribution in [1.82, 2.24) is 15.2 Å². The van der Waals surface area contributed by atoms with E-state index in [1.807, 2.05) is 36.9 Å². The maximum Gasteiger partial charge on any atom is 0.274 e. The number of benzene rings is 2. The molecule has 9 heteroatoms. The van der Waals surface area contributed by atoms with Crippen LogP contribution in [0.2, 0.25) is 10.0 Å². The molecule has 0 bridgehead atoms. The summed E-state index contributed by atoms with van der Waals surface area (Å²) >= 11 is 13.4. The van der Waals surface area contributed by atoms with Crippen LogP contribution in [-0.4, -0.2) is 45.9 Å². The van der Waals surface area contributed by atoms with Crippen molar-refractivity contribution >= 4 is 46.4 Å². The van der Waals surface area contributed by atoms with Crippen LogP contribution in [0.5, 0.6) is 5.75 Å². The first-order valence-electron chi connectivity index (χ1n) is 11.0. The molecule has 2 heterocycles. The molecule has 1 aliphatic carbocycles. The molecule has 34 heavy (non-hydrogen) atoms. The van der Waals surface area contributed by atoms with Gasteiger partial charge in [0.1, 0.15) is 5.69 Å². The summed E-state index contributed by atoms with van der Waals surface area (Å²) in [5, 5.41) is 13.5. The molecule has 1 aliphatic heterocycles. The van der Waals surface area contributed by atoms with E-state index in [0.29, 0.717) is 30.6 Å². The van der Waals surface area contributed by atoms with E-state index in [1.54, 1.807) is 0 Å². The molecule has 1 aromatic heterocycles. The van der Waals surface area contributed by atoms with Gasteiger partial charge in [-0.1, -0.05) is 53.0 Å². The third-order valence-corrected chi connectivity index (χ3v) is 8.13. The molecular formula is C25H23Cl2N3O3S. The standard InChI is InChI=1S/C25H23Cl2N3O3S/c1-12-4-3-5-14(6-12)23-21(29-13(2)34-23)25(33)30-11-16-7-17(16)20(30)10-28-24(32)15-8-18(26)22(31)19(27)9-15/h3-6,8-9,16-17,20,31H,7,10-11H2,1-2H3,(H,28,32)/t16-,17?,20-/m1/s1. The first-order chi connectivity index (χ1) is 16.2. The predicted molar refractivity (Wildman–Crippen MR) is 134 cm³/mol. The molecule has 1 unspecified atom stereocenters. The van der Waals surface area contributed by atoms with Crippen LogP contribution < -0.4 is 5.32 Å². The Hall–Kier alpha value is -2.61. The van der Waals surface area contributed by atoms with Crippen LogP contribution >= 0.6 is 34.5 Å². The highest BCUT2D eigenvalue weighted by atomic mass is 35.5. The van der Waals surface area contributed by atoms with E-state index in [9.17, 15) is 14.7 Å². The second-order valence-corrected chi connectivity index (χ2v) is 11.0. The van der Waals surface area contributed by atoms with Gasteiger partial charge >= 0.3 is 0 Å². The number of likely N-dealkylation sites (tertiary alicyclic amines) is 1. The van der Waals surface area contributed by atoms with Crippen molar-refractivity contribution < 1.29 is 14.7 Å². The minimum absolute atomic E-state index is 0.0140. The zero-order valence-corrected chi connectivity index (χ0v) is 21.0. The second-order valence-electron chi connectivity index (χ2n) is 8.96. The van der Waals surface area contributed by atoms with Gasteiger partial charge in [-0.2, -0.15) is 0 Å². The molecule has 2 aliphatic rings. The monoisotopic (exact) mass is 515 g/mol. The van der Waals surface area contributed by atoms with Gasteiger partial charge < -0.3 is 15.3 Å². The fraction of sp³-hybridized carbons (Fsp3) is 0.320. The number of phenols is 1. The van der Waals surface area contributed by atoms with Gasteiger partial charge in [-0.15, -0.1) is 11.3 Å². The van der Waals surface area contributed by atoms with Crippen LogP contribution in [0.15, 0.2) is 36.4 Å². The highest BCUT2D eigenvalue weighted by Crippen LogP contribution is 2.50. The van der Waals surface area contributed by atoms with E-state index in [-0.39, 0.29) is 39.2 Å². The number of halogens is 2. The molecule has 2 fully saturated rings. The lowest BCUT2D eigenvalue weighted by Crippen LogP contribution is -2.45. The molecular weight excluding hydrogens is 493 g/mol. The Morgan fingerprint density at radius 1 is 1.21 bits per heavy atom. The molecule has 0 radical (unpaired) electrons. The summed E-state index contributed by atoms with van der Waals surface area (Å²) in [5.74, 6) is 0.133. The normalized spacial score (nSPS) is 20.8. The Bertz CT molecular complexity index is 1290. The topological polar surface area (TPSA) is 82.5 Å². The summed E-state index contributed by atoms with van der Waals surface area (Å²) < 4.78 is 0. The van der Waals surface area contributed by atoms with Gasteiger partial charge in [0.15, 0.2) is 5.75 Å². The van der Waals surface area contributed by atoms with Crippen LogP contribution in [0.1, 0.15) is 37.8 Å². The molecule has 176 valence electrons. The largest absolute Gasteiger partial charge is 0.505 e. The molecule has 1 saturated heterocycles. The Morgan fingerprint density at radius 3 is 2.65 bits per heavy atom. The molecule has 5 rings (SSSR count). The number of hydrogen-bond donors (Lipinski definition) is 2. The van der Waals surface area contributed by atoms with Crippen LogP contribution in [0, 0.1) is 25.7 Å². The van der Waals surface area contributed by atoms with Crippen LogP contribution in [-0.2, 0) is 0 Å². The van der Waals surface area contributed by atoms with Gasteiger partial charge in [-0.05, 0) is 49.8 Å². The summed E-state index contributed by atoms with van der Waals surface area (Å²) in [6.07, 6.45) is 1.06. The number of phenolic OH excluding ortho intramolecular Hbond substituents is 1. The lowest BCUT2D eigenvalue weighted by atomic mass is 10.1. The molecule has 3 atom stereocenters. The lowest BCUT2D eigenvalue weighted by molar-refractivity contribution is 0.0690. The summed E-state index contributed by atoms with van der Waals surface area (Å²) in [5.41, 5.74) is 2.85. The van der Waals surface area contributed by atoms with Gasteiger partial charge in [-0.3, -0.25) is 9.59 Å². The molecule has 2 amide bonds. The number of nitrogens with zero attached hydrogens (tertiary/aromatic N) is 2. The maximum atomic E-state index is 13.7. The third-order valence-electron chi connectivity index (χ3n) is 6.53. The number of fused-ring (bicyclic) bond motifs is 1. The average Bonchev–Trinajstić information content (AvgIpc) is 3.31. The van der Waals surface area contributed by atoms with E-state index in [1.165, 1.54) is 23.5 Å².